The van der Waals surface area contributed by atoms with Gasteiger partial charge in [-0.25, -0.2) is 9.18 Å². The lowest BCUT2D eigenvalue weighted by molar-refractivity contribution is 0.0696. The van der Waals surface area contributed by atoms with E-state index in [1.54, 1.807) is 18.2 Å². The molecule has 0 saturated carbocycles. The monoisotopic (exact) mass is 322 g/mol. The average molecular weight is 322 g/mol. The van der Waals surface area contributed by atoms with E-state index < -0.39 is 11.8 Å². The summed E-state index contributed by atoms with van der Waals surface area (Å²) < 4.78 is 20.1. The molecule has 3 rings (SSSR count). The molecule has 3 nitrogen and oxygen atoms in total. The van der Waals surface area contributed by atoms with Crippen LogP contribution in [0.2, 0.25) is 0 Å². The highest BCUT2D eigenvalue weighted by Gasteiger charge is 2.13. The number of halogens is 1. The van der Waals surface area contributed by atoms with E-state index in [-0.39, 0.29) is 5.56 Å². The van der Waals surface area contributed by atoms with Crippen LogP contribution in [0.3, 0.4) is 0 Å². The van der Waals surface area contributed by atoms with Crippen LogP contribution in [-0.4, -0.2) is 11.1 Å². The molecule has 0 fully saturated rings. The molecule has 120 valence electrons. The first-order chi connectivity index (χ1) is 11.6. The maximum absolute atomic E-state index is 14.3. The van der Waals surface area contributed by atoms with Crippen LogP contribution in [-0.2, 0) is 6.61 Å². The number of hydrogen-bond donors (Lipinski definition) is 1. The molecular formula is C20H15FO3. The summed E-state index contributed by atoms with van der Waals surface area (Å²) in [6.07, 6.45) is 0. The van der Waals surface area contributed by atoms with Crippen molar-refractivity contribution in [3.05, 3.63) is 89.7 Å². The Balaban J connectivity index is 1.90. The largest absolute Gasteiger partial charge is 0.488 e. The third-order valence-electron chi connectivity index (χ3n) is 3.63. The SMILES string of the molecule is O=C(O)c1ccc(-c2ccccc2OCc2ccccc2)c(F)c1. The van der Waals surface area contributed by atoms with E-state index in [2.05, 4.69) is 0 Å². The Bertz CT molecular complexity index is 860. The fraction of sp³-hybridized carbons (Fsp3) is 0.0500. The Morgan fingerprint density at radius 3 is 2.33 bits per heavy atom. The van der Waals surface area contributed by atoms with Gasteiger partial charge in [0, 0.05) is 11.1 Å². The zero-order valence-corrected chi connectivity index (χ0v) is 12.8. The smallest absolute Gasteiger partial charge is 0.335 e. The zero-order chi connectivity index (χ0) is 16.9. The van der Waals surface area contributed by atoms with Crippen LogP contribution in [0.25, 0.3) is 11.1 Å². The van der Waals surface area contributed by atoms with Crippen molar-refractivity contribution in [2.24, 2.45) is 0 Å². The van der Waals surface area contributed by atoms with Crippen LogP contribution >= 0.6 is 0 Å². The molecule has 0 aliphatic heterocycles. The summed E-state index contributed by atoms with van der Waals surface area (Å²) in [5, 5.41) is 8.94. The molecule has 0 spiro atoms. The van der Waals surface area contributed by atoms with Gasteiger partial charge >= 0.3 is 5.97 Å². The number of carboxylic acid groups (broad SMARTS) is 1. The maximum atomic E-state index is 14.3. The summed E-state index contributed by atoms with van der Waals surface area (Å²) in [7, 11) is 0. The second kappa shape index (κ2) is 6.96. The van der Waals surface area contributed by atoms with Crippen molar-refractivity contribution in [3.63, 3.8) is 0 Å². The van der Waals surface area contributed by atoms with Crippen molar-refractivity contribution < 1.29 is 19.0 Å². The summed E-state index contributed by atoms with van der Waals surface area (Å²) in [6.45, 7) is 0.368. The minimum Gasteiger partial charge on any atom is -0.488 e. The van der Waals surface area contributed by atoms with Crippen molar-refractivity contribution in [1.82, 2.24) is 0 Å². The number of benzene rings is 3. The van der Waals surface area contributed by atoms with Gasteiger partial charge in [0.25, 0.3) is 0 Å². The molecule has 0 bridgehead atoms. The van der Waals surface area contributed by atoms with Crippen LogP contribution in [0.5, 0.6) is 5.75 Å². The molecule has 1 N–H and O–H groups in total. The minimum atomic E-state index is -1.16. The van der Waals surface area contributed by atoms with E-state index in [9.17, 15) is 9.18 Å². The van der Waals surface area contributed by atoms with Gasteiger partial charge in [0.1, 0.15) is 18.2 Å². The van der Waals surface area contributed by atoms with Crippen molar-refractivity contribution in [2.75, 3.05) is 0 Å². The fourth-order valence-electron chi connectivity index (χ4n) is 2.42. The van der Waals surface area contributed by atoms with Crippen molar-refractivity contribution >= 4 is 5.97 Å². The highest BCUT2D eigenvalue weighted by molar-refractivity contribution is 5.88. The zero-order valence-electron chi connectivity index (χ0n) is 12.8. The topological polar surface area (TPSA) is 46.5 Å². The lowest BCUT2D eigenvalue weighted by atomic mass is 10.0. The summed E-state index contributed by atoms with van der Waals surface area (Å²) >= 11 is 0. The molecular weight excluding hydrogens is 307 g/mol. The summed E-state index contributed by atoms with van der Waals surface area (Å²) in [6, 6.07) is 20.7. The molecule has 24 heavy (non-hydrogen) atoms. The first-order valence-electron chi connectivity index (χ1n) is 7.44. The second-order valence-corrected chi connectivity index (χ2v) is 5.27. The Morgan fingerprint density at radius 1 is 0.917 bits per heavy atom. The number of carboxylic acids is 1. The highest BCUT2D eigenvalue weighted by Crippen LogP contribution is 2.32. The molecule has 4 heteroatoms. The number of ether oxygens (including phenoxy) is 1. The van der Waals surface area contributed by atoms with E-state index in [1.807, 2.05) is 36.4 Å². The predicted molar refractivity (Wildman–Crippen MR) is 89.6 cm³/mol. The van der Waals surface area contributed by atoms with Crippen molar-refractivity contribution in [3.8, 4) is 16.9 Å². The molecule has 0 saturated heterocycles. The van der Waals surface area contributed by atoms with E-state index >= 15 is 0 Å². The van der Waals surface area contributed by atoms with Crippen LogP contribution in [0.15, 0.2) is 72.8 Å². The quantitative estimate of drug-likeness (QED) is 0.736. The van der Waals surface area contributed by atoms with Gasteiger partial charge in [-0.3, -0.25) is 0 Å². The number of rotatable bonds is 5. The van der Waals surface area contributed by atoms with Gasteiger partial charge in [-0.15, -0.1) is 0 Å². The number of aromatic carboxylic acids is 1. The second-order valence-electron chi connectivity index (χ2n) is 5.27. The molecule has 0 radical (unpaired) electrons. The predicted octanol–water partition coefficient (Wildman–Crippen LogP) is 4.77. The van der Waals surface area contributed by atoms with Crippen LogP contribution in [0.1, 0.15) is 15.9 Å². The third kappa shape index (κ3) is 3.43. The van der Waals surface area contributed by atoms with Gasteiger partial charge in [0.05, 0.1) is 5.56 Å². The first kappa shape index (κ1) is 15.7. The van der Waals surface area contributed by atoms with E-state index in [0.29, 0.717) is 23.5 Å². The molecule has 0 heterocycles. The molecule has 0 unspecified atom stereocenters. The van der Waals surface area contributed by atoms with Crippen molar-refractivity contribution in [2.45, 2.75) is 6.61 Å². The van der Waals surface area contributed by atoms with E-state index in [1.165, 1.54) is 12.1 Å². The summed E-state index contributed by atoms with van der Waals surface area (Å²) in [5.41, 5.74) is 1.82. The molecule has 0 aliphatic carbocycles. The normalized spacial score (nSPS) is 10.4. The van der Waals surface area contributed by atoms with Crippen LogP contribution in [0, 0.1) is 5.82 Å². The van der Waals surface area contributed by atoms with Gasteiger partial charge < -0.3 is 9.84 Å². The highest BCUT2D eigenvalue weighted by atomic mass is 19.1. The molecule has 0 atom stereocenters. The molecule has 3 aromatic rings. The Morgan fingerprint density at radius 2 is 1.62 bits per heavy atom. The minimum absolute atomic E-state index is 0.0843. The first-order valence-corrected chi connectivity index (χ1v) is 7.44. The van der Waals surface area contributed by atoms with Crippen LogP contribution in [0.4, 0.5) is 4.39 Å². The summed E-state index contributed by atoms with van der Waals surface area (Å²) in [5.74, 6) is -1.21. The average Bonchev–Trinajstić information content (AvgIpc) is 2.61. The number of carbonyl (C=O) groups is 1. The summed E-state index contributed by atoms with van der Waals surface area (Å²) in [4.78, 5) is 10.9. The van der Waals surface area contributed by atoms with E-state index in [4.69, 9.17) is 9.84 Å². The molecule has 0 aliphatic rings. The Labute approximate surface area is 139 Å². The standard InChI is InChI=1S/C20H15FO3/c21-18-12-15(20(22)23)10-11-16(18)17-8-4-5-9-19(17)24-13-14-6-2-1-3-7-14/h1-12H,13H2,(H,22,23). The third-order valence-corrected chi connectivity index (χ3v) is 3.63. The Hall–Kier alpha value is -3.14. The lowest BCUT2D eigenvalue weighted by Gasteiger charge is -2.12. The van der Waals surface area contributed by atoms with Gasteiger partial charge in [-0.2, -0.15) is 0 Å². The molecule has 3 aromatic carbocycles. The van der Waals surface area contributed by atoms with Gasteiger partial charge in [-0.05, 0) is 23.8 Å². The van der Waals surface area contributed by atoms with Gasteiger partial charge in [0.15, 0.2) is 0 Å². The van der Waals surface area contributed by atoms with E-state index in [0.717, 1.165) is 11.6 Å². The van der Waals surface area contributed by atoms with Gasteiger partial charge in [-0.1, -0.05) is 54.6 Å². The van der Waals surface area contributed by atoms with Crippen LogP contribution < -0.4 is 4.74 Å². The molecule has 0 amide bonds. The number of hydrogen-bond acceptors (Lipinski definition) is 2. The lowest BCUT2D eigenvalue weighted by Crippen LogP contribution is -2.00. The van der Waals surface area contributed by atoms with Crippen molar-refractivity contribution in [1.29, 1.82) is 0 Å². The Kier molecular flexibility index (Phi) is 4.57. The fourth-order valence-corrected chi connectivity index (χ4v) is 2.42. The molecule has 0 aromatic heterocycles. The maximum Gasteiger partial charge on any atom is 0.335 e. The number of para-hydroxylation sites is 1. The van der Waals surface area contributed by atoms with Gasteiger partial charge in [0.2, 0.25) is 0 Å².